The van der Waals surface area contributed by atoms with Crippen LogP contribution >= 0.6 is 0 Å². The Kier molecular flexibility index (Phi) is 4.63. The van der Waals surface area contributed by atoms with E-state index in [9.17, 15) is 9.59 Å². The van der Waals surface area contributed by atoms with E-state index in [1.54, 1.807) is 4.52 Å². The van der Waals surface area contributed by atoms with E-state index >= 15 is 0 Å². The lowest BCUT2D eigenvalue weighted by molar-refractivity contribution is -0.145. The Morgan fingerprint density at radius 1 is 1.18 bits per heavy atom. The van der Waals surface area contributed by atoms with Crippen LogP contribution in [0, 0.1) is 20.8 Å². The maximum absolute atomic E-state index is 13.7. The van der Waals surface area contributed by atoms with Gasteiger partial charge in [-0.15, -0.1) is 0 Å². The van der Waals surface area contributed by atoms with Gasteiger partial charge in [-0.3, -0.25) is 9.59 Å². The minimum Gasteiger partial charge on any atom is -0.341 e. The van der Waals surface area contributed by atoms with Crippen LogP contribution in [0.4, 0.5) is 0 Å². The zero-order chi connectivity index (χ0) is 20.1. The summed E-state index contributed by atoms with van der Waals surface area (Å²) in [5.74, 6) is 0.0232. The molecule has 0 N–H and O–H groups in total. The summed E-state index contributed by atoms with van der Waals surface area (Å²) in [6, 6.07) is 1.96. The molecule has 2 aromatic rings. The molecule has 28 heavy (non-hydrogen) atoms. The van der Waals surface area contributed by atoms with E-state index in [2.05, 4.69) is 17.0 Å². The van der Waals surface area contributed by atoms with Crippen molar-refractivity contribution in [2.24, 2.45) is 0 Å². The number of amides is 2. The second kappa shape index (κ2) is 6.87. The third-order valence-corrected chi connectivity index (χ3v) is 6.22. The largest absolute Gasteiger partial charge is 0.341 e. The Bertz CT molecular complexity index is 948. The molecule has 150 valence electrons. The van der Waals surface area contributed by atoms with Crippen molar-refractivity contribution in [2.75, 3.05) is 19.6 Å². The molecule has 0 aliphatic carbocycles. The number of fused-ring (bicyclic) bond motifs is 1. The Morgan fingerprint density at radius 2 is 1.89 bits per heavy atom. The van der Waals surface area contributed by atoms with E-state index in [1.165, 1.54) is 0 Å². The lowest BCUT2D eigenvalue weighted by atomic mass is 9.85. The van der Waals surface area contributed by atoms with Crippen LogP contribution in [0.3, 0.4) is 0 Å². The van der Waals surface area contributed by atoms with Crippen molar-refractivity contribution < 1.29 is 9.59 Å². The second-order valence-corrected chi connectivity index (χ2v) is 8.22. The van der Waals surface area contributed by atoms with Crippen LogP contribution in [-0.4, -0.2) is 61.4 Å². The highest BCUT2D eigenvalue weighted by molar-refractivity contribution is 6.04. The highest BCUT2D eigenvalue weighted by Crippen LogP contribution is 2.39. The maximum Gasteiger partial charge on any atom is 0.260 e. The predicted octanol–water partition coefficient (Wildman–Crippen LogP) is 2.66. The van der Waals surface area contributed by atoms with Crippen LogP contribution in [0.1, 0.15) is 66.5 Å². The lowest BCUT2D eigenvalue weighted by Crippen LogP contribution is -2.61. The number of hydrogen-bond acceptors (Lipinski definition) is 4. The van der Waals surface area contributed by atoms with E-state index < -0.39 is 5.54 Å². The molecule has 0 radical (unpaired) electrons. The van der Waals surface area contributed by atoms with Gasteiger partial charge in [0.15, 0.2) is 5.65 Å². The summed E-state index contributed by atoms with van der Waals surface area (Å²) in [7, 11) is 0. The Hall–Kier alpha value is -2.44. The van der Waals surface area contributed by atoms with Gasteiger partial charge in [0.2, 0.25) is 5.91 Å². The molecule has 2 aliphatic rings. The minimum absolute atomic E-state index is 0.103. The topological polar surface area (TPSA) is 70.8 Å². The number of rotatable bonds is 3. The van der Waals surface area contributed by atoms with Gasteiger partial charge < -0.3 is 9.80 Å². The Morgan fingerprint density at radius 3 is 2.61 bits per heavy atom. The highest BCUT2D eigenvalue weighted by Gasteiger charge is 2.53. The van der Waals surface area contributed by atoms with Crippen molar-refractivity contribution >= 4 is 17.5 Å². The molecule has 0 bridgehead atoms. The zero-order valence-electron chi connectivity index (χ0n) is 17.3. The van der Waals surface area contributed by atoms with Gasteiger partial charge in [0.25, 0.3) is 5.91 Å². The van der Waals surface area contributed by atoms with Crippen LogP contribution in [0.25, 0.3) is 5.65 Å². The number of nitrogens with zero attached hydrogens (tertiary/aromatic N) is 5. The highest BCUT2D eigenvalue weighted by atomic mass is 16.2. The van der Waals surface area contributed by atoms with Gasteiger partial charge in [0.05, 0.1) is 5.69 Å². The first-order valence-electron chi connectivity index (χ1n) is 10.3. The van der Waals surface area contributed by atoms with E-state index in [1.807, 2.05) is 36.6 Å². The van der Waals surface area contributed by atoms with Gasteiger partial charge in [0, 0.05) is 31.0 Å². The normalized spacial score (nSPS) is 22.6. The number of carbonyl (C=O) groups is 2. The molecule has 1 spiro atoms. The summed E-state index contributed by atoms with van der Waals surface area (Å²) in [5, 5.41) is 4.55. The molecule has 2 amide bonds. The molecule has 7 heteroatoms. The first kappa shape index (κ1) is 18.9. The number of aromatic nitrogens is 3. The number of piperidine rings is 1. The van der Waals surface area contributed by atoms with Crippen LogP contribution in [-0.2, 0) is 4.79 Å². The van der Waals surface area contributed by atoms with Crippen molar-refractivity contribution in [3.8, 4) is 0 Å². The average Bonchev–Trinajstić information content (AvgIpc) is 3.20. The molecular formula is C21H29N5O2. The summed E-state index contributed by atoms with van der Waals surface area (Å²) in [6.45, 7) is 10.0. The fourth-order valence-corrected chi connectivity index (χ4v) is 5.02. The molecule has 2 saturated heterocycles. The van der Waals surface area contributed by atoms with Gasteiger partial charge in [-0.2, -0.15) is 5.10 Å². The molecule has 0 saturated carbocycles. The first-order valence-corrected chi connectivity index (χ1v) is 10.3. The first-order chi connectivity index (χ1) is 13.4. The van der Waals surface area contributed by atoms with Crippen LogP contribution in [0.5, 0.6) is 0 Å². The Balaban J connectivity index is 1.77. The lowest BCUT2D eigenvalue weighted by Gasteiger charge is -2.44. The fourth-order valence-electron chi connectivity index (χ4n) is 5.02. The SMILES string of the molecule is CCCN1CCCC2(CCCN2C(=O)c2c(C)nn3c(C)cc(C)nc23)C1=O. The molecule has 7 nitrogen and oxygen atoms in total. The molecule has 2 aliphatic heterocycles. The smallest absolute Gasteiger partial charge is 0.260 e. The van der Waals surface area contributed by atoms with Gasteiger partial charge in [-0.05, 0) is 58.9 Å². The van der Waals surface area contributed by atoms with Crippen molar-refractivity contribution in [1.29, 1.82) is 0 Å². The quantitative estimate of drug-likeness (QED) is 0.817. The summed E-state index contributed by atoms with van der Waals surface area (Å²) < 4.78 is 1.74. The predicted molar refractivity (Wildman–Crippen MR) is 106 cm³/mol. The molecule has 1 unspecified atom stereocenters. The molecule has 2 aromatic heterocycles. The van der Waals surface area contributed by atoms with E-state index in [4.69, 9.17) is 0 Å². The number of carbonyl (C=O) groups excluding carboxylic acids is 2. The average molecular weight is 383 g/mol. The van der Waals surface area contributed by atoms with Crippen molar-refractivity contribution in [2.45, 2.75) is 65.3 Å². The Labute approximate surface area is 165 Å². The summed E-state index contributed by atoms with van der Waals surface area (Å²) >= 11 is 0. The third-order valence-electron chi connectivity index (χ3n) is 6.22. The van der Waals surface area contributed by atoms with Crippen LogP contribution < -0.4 is 0 Å². The fraction of sp³-hybridized carbons (Fsp3) is 0.619. The third kappa shape index (κ3) is 2.71. The summed E-state index contributed by atoms with van der Waals surface area (Å²) in [5.41, 5.74) is 2.91. The number of hydrogen-bond donors (Lipinski definition) is 0. The van der Waals surface area contributed by atoms with Gasteiger partial charge >= 0.3 is 0 Å². The number of likely N-dealkylation sites (tertiary alicyclic amines) is 2. The van der Waals surface area contributed by atoms with E-state index in [0.717, 1.165) is 56.6 Å². The second-order valence-electron chi connectivity index (χ2n) is 8.22. The molecule has 1 atom stereocenters. The van der Waals surface area contributed by atoms with Gasteiger partial charge in [0.1, 0.15) is 11.1 Å². The van der Waals surface area contributed by atoms with Crippen molar-refractivity contribution in [1.82, 2.24) is 24.4 Å². The molecule has 4 heterocycles. The standard InChI is InChI=1S/C21H29N5O2/c1-5-10-24-11-6-8-21(20(24)28)9-7-12-25(21)19(27)17-16(4)23-26-15(3)13-14(2)22-18(17)26/h13H,5-12H2,1-4H3. The number of aryl methyl sites for hydroxylation is 3. The van der Waals surface area contributed by atoms with Gasteiger partial charge in [-0.1, -0.05) is 6.92 Å². The van der Waals surface area contributed by atoms with E-state index in [-0.39, 0.29) is 11.8 Å². The van der Waals surface area contributed by atoms with E-state index in [0.29, 0.717) is 23.4 Å². The van der Waals surface area contributed by atoms with Crippen molar-refractivity contribution in [3.63, 3.8) is 0 Å². The van der Waals surface area contributed by atoms with Gasteiger partial charge in [-0.25, -0.2) is 9.50 Å². The van der Waals surface area contributed by atoms with Crippen molar-refractivity contribution in [3.05, 3.63) is 28.7 Å². The summed E-state index contributed by atoms with van der Waals surface area (Å²) in [6.07, 6.45) is 4.25. The van der Waals surface area contributed by atoms with Crippen LogP contribution in [0.2, 0.25) is 0 Å². The summed E-state index contributed by atoms with van der Waals surface area (Å²) in [4.78, 5) is 35.5. The minimum atomic E-state index is -0.690. The monoisotopic (exact) mass is 383 g/mol. The zero-order valence-corrected chi connectivity index (χ0v) is 17.3. The maximum atomic E-state index is 13.7. The molecule has 0 aromatic carbocycles. The van der Waals surface area contributed by atoms with Crippen LogP contribution in [0.15, 0.2) is 6.07 Å². The molecular weight excluding hydrogens is 354 g/mol. The molecule has 2 fully saturated rings. The molecule has 4 rings (SSSR count).